The van der Waals surface area contributed by atoms with Crippen LogP contribution in [0.2, 0.25) is 0 Å². The highest BCUT2D eigenvalue weighted by atomic mass is 16.5. The summed E-state index contributed by atoms with van der Waals surface area (Å²) in [6, 6.07) is 3.73. The van der Waals surface area contributed by atoms with E-state index in [-0.39, 0.29) is 12.0 Å². The molecule has 96 valence electrons. The Bertz CT molecular complexity index is 443. The van der Waals surface area contributed by atoms with Gasteiger partial charge < -0.3 is 9.64 Å². The summed E-state index contributed by atoms with van der Waals surface area (Å²) >= 11 is 0. The third kappa shape index (κ3) is 2.01. The Morgan fingerprint density at radius 1 is 1.44 bits per heavy atom. The number of nitrogens with zero attached hydrogens (tertiary/aromatic N) is 2. The monoisotopic (exact) mass is 246 g/mol. The molecule has 2 fully saturated rings. The third-order valence-corrected chi connectivity index (χ3v) is 3.87. The number of pyridine rings is 1. The number of likely N-dealkylation sites (tertiary alicyclic amines) is 1. The Labute approximate surface area is 107 Å². The van der Waals surface area contributed by atoms with E-state index in [1.54, 1.807) is 6.20 Å². The summed E-state index contributed by atoms with van der Waals surface area (Å²) in [6.07, 6.45) is 3.32. The highest BCUT2D eigenvalue weighted by molar-refractivity contribution is 5.94. The van der Waals surface area contributed by atoms with Gasteiger partial charge in [0.25, 0.3) is 5.91 Å². The second kappa shape index (κ2) is 4.35. The smallest absolute Gasteiger partial charge is 0.255 e. The number of rotatable bonds is 1. The van der Waals surface area contributed by atoms with Crippen LogP contribution < -0.4 is 0 Å². The lowest BCUT2D eigenvalue weighted by atomic mass is 10.0. The standard InChI is InChI=1S/C14H18N2O2/c1-9-3-4-11(6-15-9)14(17)16-7-12-5-10(2)18-13(12)8-16/h3-4,6,10,12-13H,5,7-8H2,1-2H3/t10-,12+,13-/m0/s1. The van der Waals surface area contributed by atoms with E-state index in [0.717, 1.165) is 25.2 Å². The van der Waals surface area contributed by atoms with E-state index in [2.05, 4.69) is 11.9 Å². The van der Waals surface area contributed by atoms with Crippen molar-refractivity contribution in [2.45, 2.75) is 32.5 Å². The van der Waals surface area contributed by atoms with Gasteiger partial charge in [0.15, 0.2) is 0 Å². The number of amides is 1. The topological polar surface area (TPSA) is 42.4 Å². The maximum absolute atomic E-state index is 12.3. The van der Waals surface area contributed by atoms with Crippen LogP contribution in [0.25, 0.3) is 0 Å². The van der Waals surface area contributed by atoms with Gasteiger partial charge in [0, 0.05) is 30.9 Å². The van der Waals surface area contributed by atoms with Gasteiger partial charge in [0.05, 0.1) is 17.8 Å². The number of fused-ring (bicyclic) bond motifs is 1. The predicted octanol–water partition coefficient (Wildman–Crippen LogP) is 1.64. The van der Waals surface area contributed by atoms with Crippen LogP contribution in [-0.4, -0.2) is 41.1 Å². The Morgan fingerprint density at radius 2 is 2.28 bits per heavy atom. The summed E-state index contributed by atoms with van der Waals surface area (Å²) in [5.41, 5.74) is 1.61. The van der Waals surface area contributed by atoms with Crippen LogP contribution in [0.1, 0.15) is 29.4 Å². The molecule has 0 aliphatic carbocycles. The largest absolute Gasteiger partial charge is 0.373 e. The van der Waals surface area contributed by atoms with E-state index >= 15 is 0 Å². The number of hydrogen-bond donors (Lipinski definition) is 0. The molecule has 1 amide bonds. The van der Waals surface area contributed by atoms with Crippen molar-refractivity contribution in [1.82, 2.24) is 9.88 Å². The van der Waals surface area contributed by atoms with E-state index in [1.807, 2.05) is 24.0 Å². The second-order valence-electron chi connectivity index (χ2n) is 5.38. The van der Waals surface area contributed by atoms with Crippen molar-refractivity contribution in [3.05, 3.63) is 29.6 Å². The minimum Gasteiger partial charge on any atom is -0.373 e. The maximum atomic E-state index is 12.3. The molecule has 0 saturated carbocycles. The molecule has 0 aromatic carbocycles. The first kappa shape index (κ1) is 11.7. The number of carbonyl (C=O) groups is 1. The number of ether oxygens (including phenoxy) is 1. The molecule has 2 aliphatic heterocycles. The molecule has 0 spiro atoms. The van der Waals surface area contributed by atoms with Crippen molar-refractivity contribution in [3.63, 3.8) is 0 Å². The summed E-state index contributed by atoms with van der Waals surface area (Å²) in [5.74, 6) is 0.593. The Balaban J connectivity index is 1.70. The normalized spacial score (nSPS) is 30.6. The molecule has 2 saturated heterocycles. The van der Waals surface area contributed by atoms with Gasteiger partial charge in [0.2, 0.25) is 0 Å². The van der Waals surface area contributed by atoms with Gasteiger partial charge in [-0.2, -0.15) is 0 Å². The molecule has 3 heterocycles. The molecule has 0 unspecified atom stereocenters. The van der Waals surface area contributed by atoms with Gasteiger partial charge in [-0.3, -0.25) is 9.78 Å². The van der Waals surface area contributed by atoms with E-state index < -0.39 is 0 Å². The Morgan fingerprint density at radius 3 is 2.94 bits per heavy atom. The summed E-state index contributed by atoms with van der Waals surface area (Å²) < 4.78 is 5.81. The van der Waals surface area contributed by atoms with Crippen LogP contribution in [0, 0.1) is 12.8 Å². The zero-order valence-electron chi connectivity index (χ0n) is 10.8. The molecule has 2 aliphatic rings. The van der Waals surface area contributed by atoms with Crippen LogP contribution in [-0.2, 0) is 4.74 Å². The molecule has 4 heteroatoms. The van der Waals surface area contributed by atoms with Crippen LogP contribution in [0.4, 0.5) is 0 Å². The van der Waals surface area contributed by atoms with E-state index in [4.69, 9.17) is 4.74 Å². The minimum atomic E-state index is 0.0770. The lowest BCUT2D eigenvalue weighted by Gasteiger charge is -2.18. The molecule has 0 radical (unpaired) electrons. The average Bonchev–Trinajstić information content (AvgIpc) is 2.86. The summed E-state index contributed by atoms with van der Waals surface area (Å²) in [4.78, 5) is 18.4. The van der Waals surface area contributed by atoms with Crippen molar-refractivity contribution in [3.8, 4) is 0 Å². The van der Waals surface area contributed by atoms with Gasteiger partial charge >= 0.3 is 0 Å². The first-order chi connectivity index (χ1) is 8.63. The van der Waals surface area contributed by atoms with Crippen molar-refractivity contribution < 1.29 is 9.53 Å². The molecule has 3 rings (SSSR count). The van der Waals surface area contributed by atoms with Crippen molar-refractivity contribution in [2.24, 2.45) is 5.92 Å². The van der Waals surface area contributed by atoms with Gasteiger partial charge in [0.1, 0.15) is 0 Å². The Hall–Kier alpha value is -1.42. The van der Waals surface area contributed by atoms with Gasteiger partial charge in [-0.05, 0) is 32.4 Å². The number of hydrogen-bond acceptors (Lipinski definition) is 3. The molecule has 4 nitrogen and oxygen atoms in total. The third-order valence-electron chi connectivity index (χ3n) is 3.87. The summed E-state index contributed by atoms with van der Waals surface area (Å²) in [6.45, 7) is 5.57. The fourth-order valence-electron chi connectivity index (χ4n) is 2.94. The first-order valence-corrected chi connectivity index (χ1v) is 6.51. The number of carbonyl (C=O) groups excluding carboxylic acids is 1. The lowest BCUT2D eigenvalue weighted by Crippen LogP contribution is -2.31. The molecule has 0 N–H and O–H groups in total. The van der Waals surface area contributed by atoms with E-state index in [9.17, 15) is 4.79 Å². The summed E-state index contributed by atoms with van der Waals surface area (Å²) in [7, 11) is 0. The summed E-state index contributed by atoms with van der Waals surface area (Å²) in [5, 5.41) is 0. The van der Waals surface area contributed by atoms with E-state index in [1.165, 1.54) is 0 Å². The van der Waals surface area contributed by atoms with Crippen LogP contribution >= 0.6 is 0 Å². The maximum Gasteiger partial charge on any atom is 0.255 e. The molecular formula is C14H18N2O2. The lowest BCUT2D eigenvalue weighted by molar-refractivity contribution is 0.0443. The van der Waals surface area contributed by atoms with Crippen LogP contribution in [0.5, 0.6) is 0 Å². The van der Waals surface area contributed by atoms with Crippen molar-refractivity contribution in [1.29, 1.82) is 0 Å². The Kier molecular flexibility index (Phi) is 2.82. The average molecular weight is 246 g/mol. The molecule has 0 bridgehead atoms. The molecule has 1 aromatic rings. The molecule has 3 atom stereocenters. The fraction of sp³-hybridized carbons (Fsp3) is 0.571. The van der Waals surface area contributed by atoms with Crippen molar-refractivity contribution in [2.75, 3.05) is 13.1 Å². The first-order valence-electron chi connectivity index (χ1n) is 6.51. The van der Waals surface area contributed by atoms with Gasteiger partial charge in [-0.25, -0.2) is 0 Å². The highest BCUT2D eigenvalue weighted by Gasteiger charge is 2.42. The van der Waals surface area contributed by atoms with Gasteiger partial charge in [-0.1, -0.05) is 0 Å². The fourth-order valence-corrected chi connectivity index (χ4v) is 2.94. The molecule has 1 aromatic heterocycles. The highest BCUT2D eigenvalue weighted by Crippen LogP contribution is 2.33. The van der Waals surface area contributed by atoms with E-state index in [0.29, 0.717) is 17.6 Å². The SMILES string of the molecule is Cc1ccc(C(=O)N2C[C@H]3C[C@H](C)O[C@H]3C2)cn1. The van der Waals surface area contributed by atoms with Crippen LogP contribution in [0.15, 0.2) is 18.3 Å². The zero-order chi connectivity index (χ0) is 12.7. The predicted molar refractivity (Wildman–Crippen MR) is 67.3 cm³/mol. The number of aromatic nitrogens is 1. The van der Waals surface area contributed by atoms with Gasteiger partial charge in [-0.15, -0.1) is 0 Å². The minimum absolute atomic E-state index is 0.0770. The quantitative estimate of drug-likeness (QED) is 0.756. The second-order valence-corrected chi connectivity index (χ2v) is 5.38. The molecule has 18 heavy (non-hydrogen) atoms. The van der Waals surface area contributed by atoms with Crippen LogP contribution in [0.3, 0.4) is 0 Å². The number of aryl methyl sites for hydroxylation is 1. The zero-order valence-corrected chi connectivity index (χ0v) is 10.8. The molecular weight excluding hydrogens is 228 g/mol. The van der Waals surface area contributed by atoms with Crippen molar-refractivity contribution >= 4 is 5.91 Å².